The van der Waals surface area contributed by atoms with Gasteiger partial charge in [-0.25, -0.2) is 4.79 Å². The molecule has 126 valence electrons. The molecule has 0 unspecified atom stereocenters. The van der Waals surface area contributed by atoms with Crippen LogP contribution in [0.15, 0.2) is 30.3 Å². The number of methoxy groups -OCH3 is 1. The van der Waals surface area contributed by atoms with Crippen LogP contribution in [0.5, 0.6) is 5.75 Å². The Labute approximate surface area is 140 Å². The van der Waals surface area contributed by atoms with E-state index in [-0.39, 0.29) is 6.61 Å². The lowest BCUT2D eigenvalue weighted by molar-refractivity contribution is -0.153. The zero-order valence-corrected chi connectivity index (χ0v) is 14.1. The number of aromatic nitrogens is 2. The Hall–Kier alpha value is -2.96. The summed E-state index contributed by atoms with van der Waals surface area (Å²) in [6, 6.07) is 9.22. The van der Waals surface area contributed by atoms with Crippen LogP contribution in [-0.2, 0) is 14.3 Å². The second-order valence-corrected chi connectivity index (χ2v) is 5.05. The van der Waals surface area contributed by atoms with E-state index in [0.717, 1.165) is 10.5 Å². The number of ether oxygens (including phenoxy) is 2. The van der Waals surface area contributed by atoms with Gasteiger partial charge in [0.1, 0.15) is 5.75 Å². The molecule has 0 aliphatic rings. The molecule has 1 amide bonds. The van der Waals surface area contributed by atoms with Crippen LogP contribution in [0.1, 0.15) is 12.5 Å². The molecule has 0 saturated heterocycles. The van der Waals surface area contributed by atoms with Gasteiger partial charge in [-0.15, -0.1) is 10.2 Å². The number of carbonyl (C=O) groups excluding carboxylic acids is 2. The number of rotatable bonds is 4. The molecule has 2 aromatic rings. The standard InChI is InChI=1S/C17H19N3O4/c1-5-24-17(22)16(21)20(3)15-11(2)9-14(18-19-15)12-7-6-8-13(10-12)23-4/h6-10H,5H2,1-4H3. The van der Waals surface area contributed by atoms with Crippen molar-refractivity contribution >= 4 is 17.7 Å². The Balaban J connectivity index is 2.29. The van der Waals surface area contributed by atoms with E-state index < -0.39 is 11.9 Å². The lowest BCUT2D eigenvalue weighted by Gasteiger charge is -2.17. The summed E-state index contributed by atoms with van der Waals surface area (Å²) in [5, 5.41) is 8.22. The minimum Gasteiger partial charge on any atom is -0.497 e. The number of likely N-dealkylation sites (N-methyl/N-ethyl adjacent to an activating group) is 1. The summed E-state index contributed by atoms with van der Waals surface area (Å²) >= 11 is 0. The highest BCUT2D eigenvalue weighted by molar-refractivity contribution is 6.37. The number of esters is 1. The van der Waals surface area contributed by atoms with Gasteiger partial charge in [0.05, 0.1) is 19.4 Å². The highest BCUT2D eigenvalue weighted by atomic mass is 16.5. The van der Waals surface area contributed by atoms with Gasteiger partial charge >= 0.3 is 11.9 Å². The maximum atomic E-state index is 12.0. The van der Waals surface area contributed by atoms with Gasteiger partial charge in [0, 0.05) is 12.6 Å². The monoisotopic (exact) mass is 329 g/mol. The first-order chi connectivity index (χ1) is 11.5. The van der Waals surface area contributed by atoms with Crippen molar-refractivity contribution in [1.82, 2.24) is 10.2 Å². The number of aryl methyl sites for hydroxylation is 1. The van der Waals surface area contributed by atoms with Crippen LogP contribution < -0.4 is 9.64 Å². The second kappa shape index (κ2) is 7.54. The summed E-state index contributed by atoms with van der Waals surface area (Å²) in [4.78, 5) is 24.7. The Morgan fingerprint density at radius 1 is 1.21 bits per heavy atom. The largest absolute Gasteiger partial charge is 0.497 e. The van der Waals surface area contributed by atoms with Crippen LogP contribution in [0.25, 0.3) is 11.3 Å². The Morgan fingerprint density at radius 2 is 1.96 bits per heavy atom. The molecule has 7 nitrogen and oxygen atoms in total. The smallest absolute Gasteiger partial charge is 0.397 e. The van der Waals surface area contributed by atoms with Gasteiger partial charge in [-0.05, 0) is 37.6 Å². The van der Waals surface area contributed by atoms with E-state index in [9.17, 15) is 9.59 Å². The van der Waals surface area contributed by atoms with Crippen LogP contribution in [0.3, 0.4) is 0 Å². The van der Waals surface area contributed by atoms with Crippen molar-refractivity contribution in [3.63, 3.8) is 0 Å². The molecule has 0 aliphatic heterocycles. The van der Waals surface area contributed by atoms with Crippen molar-refractivity contribution in [2.75, 3.05) is 25.7 Å². The van der Waals surface area contributed by atoms with E-state index in [2.05, 4.69) is 10.2 Å². The van der Waals surface area contributed by atoms with E-state index in [4.69, 9.17) is 9.47 Å². The summed E-state index contributed by atoms with van der Waals surface area (Å²) in [5.41, 5.74) is 2.20. The molecule has 2 rings (SSSR count). The van der Waals surface area contributed by atoms with Crippen LogP contribution in [-0.4, -0.2) is 42.8 Å². The van der Waals surface area contributed by atoms with Crippen LogP contribution >= 0.6 is 0 Å². The molecule has 24 heavy (non-hydrogen) atoms. The Bertz CT molecular complexity index is 761. The topological polar surface area (TPSA) is 81.6 Å². The van der Waals surface area contributed by atoms with E-state index >= 15 is 0 Å². The zero-order chi connectivity index (χ0) is 17.7. The molecular weight excluding hydrogens is 310 g/mol. The summed E-state index contributed by atoms with van der Waals surface area (Å²) in [7, 11) is 3.05. The summed E-state index contributed by atoms with van der Waals surface area (Å²) in [6.45, 7) is 3.57. The third-order valence-electron chi connectivity index (χ3n) is 3.40. The van der Waals surface area contributed by atoms with Gasteiger partial charge in [0.25, 0.3) is 0 Å². The number of anilines is 1. The van der Waals surface area contributed by atoms with Crippen LogP contribution in [0.2, 0.25) is 0 Å². The van der Waals surface area contributed by atoms with Gasteiger partial charge in [-0.1, -0.05) is 12.1 Å². The quantitative estimate of drug-likeness (QED) is 0.630. The zero-order valence-electron chi connectivity index (χ0n) is 14.1. The molecule has 1 aromatic carbocycles. The highest BCUT2D eigenvalue weighted by Gasteiger charge is 2.23. The van der Waals surface area contributed by atoms with Gasteiger partial charge in [-0.3, -0.25) is 9.69 Å². The number of hydrogen-bond donors (Lipinski definition) is 0. The molecule has 0 spiro atoms. The fourth-order valence-corrected chi connectivity index (χ4v) is 2.16. The lowest BCUT2D eigenvalue weighted by atomic mass is 10.1. The maximum Gasteiger partial charge on any atom is 0.397 e. The maximum absolute atomic E-state index is 12.0. The fourth-order valence-electron chi connectivity index (χ4n) is 2.16. The number of benzene rings is 1. The first-order valence-corrected chi connectivity index (χ1v) is 7.41. The van der Waals surface area contributed by atoms with Crippen molar-refractivity contribution in [3.05, 3.63) is 35.9 Å². The molecule has 0 aliphatic carbocycles. The number of hydrogen-bond acceptors (Lipinski definition) is 6. The van der Waals surface area contributed by atoms with Crippen molar-refractivity contribution in [3.8, 4) is 17.0 Å². The minimum absolute atomic E-state index is 0.137. The van der Waals surface area contributed by atoms with E-state index in [1.165, 1.54) is 7.05 Å². The minimum atomic E-state index is -0.918. The summed E-state index contributed by atoms with van der Waals surface area (Å²) < 4.78 is 9.91. The molecule has 0 atom stereocenters. The third-order valence-corrected chi connectivity index (χ3v) is 3.40. The van der Waals surface area contributed by atoms with E-state index in [1.807, 2.05) is 24.3 Å². The Kier molecular flexibility index (Phi) is 5.47. The average molecular weight is 329 g/mol. The normalized spacial score (nSPS) is 10.2. The summed E-state index contributed by atoms with van der Waals surface area (Å²) in [5.74, 6) is -0.688. The SMILES string of the molecule is CCOC(=O)C(=O)N(C)c1nnc(-c2cccc(OC)c2)cc1C. The van der Waals surface area contributed by atoms with Crippen LogP contribution in [0, 0.1) is 6.92 Å². The van der Waals surface area contributed by atoms with E-state index in [1.54, 1.807) is 27.0 Å². The van der Waals surface area contributed by atoms with Crippen molar-refractivity contribution in [1.29, 1.82) is 0 Å². The van der Waals surface area contributed by atoms with Crippen molar-refractivity contribution in [2.45, 2.75) is 13.8 Å². The predicted octanol–water partition coefficient (Wildman–Crippen LogP) is 1.99. The molecule has 0 bridgehead atoms. The molecule has 0 saturated carbocycles. The number of carbonyl (C=O) groups is 2. The van der Waals surface area contributed by atoms with Crippen molar-refractivity contribution in [2.24, 2.45) is 0 Å². The molecule has 7 heteroatoms. The number of amides is 1. The van der Waals surface area contributed by atoms with Crippen LogP contribution in [0.4, 0.5) is 5.82 Å². The third kappa shape index (κ3) is 3.68. The van der Waals surface area contributed by atoms with E-state index in [0.29, 0.717) is 22.8 Å². The van der Waals surface area contributed by atoms with Gasteiger partial charge in [-0.2, -0.15) is 0 Å². The van der Waals surface area contributed by atoms with Crippen molar-refractivity contribution < 1.29 is 19.1 Å². The number of nitrogens with zero attached hydrogens (tertiary/aromatic N) is 3. The first-order valence-electron chi connectivity index (χ1n) is 7.41. The Morgan fingerprint density at radius 3 is 2.58 bits per heavy atom. The molecule has 1 heterocycles. The highest BCUT2D eigenvalue weighted by Crippen LogP contribution is 2.25. The lowest BCUT2D eigenvalue weighted by Crippen LogP contribution is -2.35. The van der Waals surface area contributed by atoms with Gasteiger partial charge < -0.3 is 9.47 Å². The molecular formula is C17H19N3O4. The molecule has 0 radical (unpaired) electrons. The van der Waals surface area contributed by atoms with Gasteiger partial charge in [0.15, 0.2) is 5.82 Å². The molecule has 0 fully saturated rings. The summed E-state index contributed by atoms with van der Waals surface area (Å²) in [6.07, 6.45) is 0. The average Bonchev–Trinajstić information content (AvgIpc) is 2.60. The first kappa shape index (κ1) is 17.4. The second-order valence-electron chi connectivity index (χ2n) is 5.05. The van der Waals surface area contributed by atoms with Gasteiger partial charge in [0.2, 0.25) is 0 Å². The fraction of sp³-hybridized carbons (Fsp3) is 0.294. The molecule has 0 N–H and O–H groups in total. The predicted molar refractivity (Wildman–Crippen MR) is 88.8 cm³/mol. The molecule has 1 aromatic heterocycles.